The first-order chi connectivity index (χ1) is 12.1. The molecule has 3 aromatic rings. The zero-order chi connectivity index (χ0) is 17.6. The molecule has 0 fully saturated rings. The first kappa shape index (κ1) is 17.7. The summed E-state index contributed by atoms with van der Waals surface area (Å²) in [5.74, 6) is 0.785. The lowest BCUT2D eigenvalue weighted by Gasteiger charge is -2.09. The highest BCUT2D eigenvalue weighted by atomic mass is 79.9. The zero-order valence-electron chi connectivity index (χ0n) is 13.7. The van der Waals surface area contributed by atoms with Crippen LogP contribution >= 0.6 is 27.5 Å². The van der Waals surface area contributed by atoms with Crippen molar-refractivity contribution in [2.75, 3.05) is 0 Å². The average molecular weight is 415 g/mol. The molecule has 0 radical (unpaired) electrons. The van der Waals surface area contributed by atoms with Crippen molar-refractivity contribution in [3.8, 4) is 5.75 Å². The van der Waals surface area contributed by atoms with Gasteiger partial charge < -0.3 is 4.74 Å². The topological polar surface area (TPSA) is 21.6 Å². The van der Waals surface area contributed by atoms with Crippen LogP contribution in [0.1, 0.15) is 16.7 Å². The summed E-state index contributed by atoms with van der Waals surface area (Å²) in [5.41, 5.74) is 4.16. The van der Waals surface area contributed by atoms with Crippen molar-refractivity contribution in [2.45, 2.75) is 13.5 Å². The van der Waals surface area contributed by atoms with Gasteiger partial charge in [-0.25, -0.2) is 0 Å². The number of halogens is 2. The minimum absolute atomic E-state index is 0.468. The van der Waals surface area contributed by atoms with Crippen LogP contribution in [0, 0.1) is 6.92 Å². The van der Waals surface area contributed by atoms with Crippen molar-refractivity contribution in [1.29, 1.82) is 0 Å². The van der Waals surface area contributed by atoms with Gasteiger partial charge in [-0.1, -0.05) is 41.9 Å². The fraction of sp³-hybridized carbons (Fsp3) is 0.0952. The predicted molar refractivity (Wildman–Crippen MR) is 108 cm³/mol. The number of hydrogen-bond donors (Lipinski definition) is 0. The fourth-order valence-electron chi connectivity index (χ4n) is 2.35. The van der Waals surface area contributed by atoms with E-state index in [-0.39, 0.29) is 0 Å². The lowest BCUT2D eigenvalue weighted by molar-refractivity contribution is 0.304. The molecule has 2 nitrogen and oxygen atoms in total. The molecule has 0 N–H and O–H groups in total. The van der Waals surface area contributed by atoms with Gasteiger partial charge in [-0.2, -0.15) is 0 Å². The van der Waals surface area contributed by atoms with E-state index in [9.17, 15) is 0 Å². The van der Waals surface area contributed by atoms with E-state index >= 15 is 0 Å². The summed E-state index contributed by atoms with van der Waals surface area (Å²) in [6.45, 7) is 2.52. The summed E-state index contributed by atoms with van der Waals surface area (Å²) in [4.78, 5) is 4.55. The van der Waals surface area contributed by atoms with Gasteiger partial charge in [-0.05, 0) is 75.9 Å². The summed E-state index contributed by atoms with van der Waals surface area (Å²) < 4.78 is 6.76. The summed E-state index contributed by atoms with van der Waals surface area (Å²) in [6.07, 6.45) is 1.86. The third kappa shape index (κ3) is 4.94. The lowest BCUT2D eigenvalue weighted by atomic mass is 10.2. The molecule has 0 heterocycles. The number of ether oxygens (including phenoxy) is 1. The highest BCUT2D eigenvalue weighted by molar-refractivity contribution is 9.10. The van der Waals surface area contributed by atoms with Crippen molar-refractivity contribution in [3.63, 3.8) is 0 Å². The first-order valence-corrected chi connectivity index (χ1v) is 9.05. The molecule has 0 aliphatic rings. The van der Waals surface area contributed by atoms with E-state index in [0.29, 0.717) is 11.6 Å². The molecule has 0 saturated carbocycles. The SMILES string of the molecule is Cc1ccccc1N=Cc1ccc(OCc2cccc(Cl)c2)c(Br)c1. The Morgan fingerprint density at radius 3 is 2.64 bits per heavy atom. The lowest BCUT2D eigenvalue weighted by Crippen LogP contribution is -1.96. The molecular formula is C21H17BrClNO. The van der Waals surface area contributed by atoms with E-state index in [0.717, 1.165) is 32.6 Å². The molecule has 0 aliphatic carbocycles. The van der Waals surface area contributed by atoms with Gasteiger partial charge in [0, 0.05) is 11.2 Å². The Kier molecular flexibility index (Phi) is 5.90. The standard InChI is InChI=1S/C21H17BrClNO/c1-15-5-2-3-8-20(15)24-13-16-9-10-21(19(22)12-16)25-14-17-6-4-7-18(23)11-17/h2-13H,14H2,1H3. The van der Waals surface area contributed by atoms with Crippen LogP contribution in [-0.2, 0) is 6.61 Å². The number of hydrogen-bond acceptors (Lipinski definition) is 2. The minimum Gasteiger partial charge on any atom is -0.488 e. The van der Waals surface area contributed by atoms with Crippen LogP contribution in [0.5, 0.6) is 5.75 Å². The molecule has 126 valence electrons. The van der Waals surface area contributed by atoms with Crippen LogP contribution in [0.25, 0.3) is 0 Å². The molecule has 3 rings (SSSR count). The Bertz CT molecular complexity index is 908. The highest BCUT2D eigenvalue weighted by Gasteiger charge is 2.03. The van der Waals surface area contributed by atoms with Gasteiger partial charge in [0.25, 0.3) is 0 Å². The maximum absolute atomic E-state index is 6.00. The normalized spacial score (nSPS) is 11.0. The molecule has 0 unspecified atom stereocenters. The second-order valence-electron chi connectivity index (χ2n) is 5.65. The molecule has 0 bridgehead atoms. The molecule has 0 aromatic heterocycles. The smallest absolute Gasteiger partial charge is 0.134 e. The van der Waals surface area contributed by atoms with Crippen molar-refractivity contribution >= 4 is 39.4 Å². The Balaban J connectivity index is 1.69. The van der Waals surface area contributed by atoms with Crippen molar-refractivity contribution in [3.05, 3.63) is 92.9 Å². The molecule has 25 heavy (non-hydrogen) atoms. The van der Waals surface area contributed by atoms with Crippen LogP contribution in [0.3, 0.4) is 0 Å². The third-order valence-corrected chi connectivity index (χ3v) is 4.56. The van der Waals surface area contributed by atoms with Gasteiger partial charge in [0.05, 0.1) is 10.2 Å². The van der Waals surface area contributed by atoms with Crippen molar-refractivity contribution in [1.82, 2.24) is 0 Å². The van der Waals surface area contributed by atoms with Crippen molar-refractivity contribution < 1.29 is 4.74 Å². The van der Waals surface area contributed by atoms with Gasteiger partial charge in [0.15, 0.2) is 0 Å². The summed E-state index contributed by atoms with van der Waals surface area (Å²) in [6, 6.07) is 21.6. The quantitative estimate of drug-likeness (QED) is 0.424. The minimum atomic E-state index is 0.468. The number of rotatable bonds is 5. The summed E-state index contributed by atoms with van der Waals surface area (Å²) in [7, 11) is 0. The number of benzene rings is 3. The molecule has 0 saturated heterocycles. The maximum atomic E-state index is 6.00. The Labute approximate surface area is 161 Å². The Morgan fingerprint density at radius 2 is 1.88 bits per heavy atom. The largest absolute Gasteiger partial charge is 0.488 e. The molecule has 0 amide bonds. The van der Waals surface area contributed by atoms with Gasteiger partial charge in [-0.15, -0.1) is 0 Å². The number of aryl methyl sites for hydroxylation is 1. The Morgan fingerprint density at radius 1 is 1.04 bits per heavy atom. The zero-order valence-corrected chi connectivity index (χ0v) is 16.1. The number of aliphatic imine (C=N–C) groups is 1. The monoisotopic (exact) mass is 413 g/mol. The van der Waals surface area contributed by atoms with Gasteiger partial charge in [0.2, 0.25) is 0 Å². The van der Waals surface area contributed by atoms with E-state index in [2.05, 4.69) is 33.9 Å². The van der Waals surface area contributed by atoms with Crippen LogP contribution < -0.4 is 4.74 Å². The average Bonchev–Trinajstić information content (AvgIpc) is 2.60. The molecule has 0 aliphatic heterocycles. The number of para-hydroxylation sites is 1. The van der Waals surface area contributed by atoms with Crippen molar-refractivity contribution in [2.24, 2.45) is 4.99 Å². The van der Waals surface area contributed by atoms with E-state index in [4.69, 9.17) is 16.3 Å². The predicted octanol–water partition coefficient (Wildman–Crippen LogP) is 6.74. The van der Waals surface area contributed by atoms with E-state index in [1.165, 1.54) is 0 Å². The summed E-state index contributed by atoms with van der Waals surface area (Å²) in [5, 5.41) is 0.711. The molecule has 0 atom stereocenters. The first-order valence-electron chi connectivity index (χ1n) is 7.88. The third-order valence-electron chi connectivity index (χ3n) is 3.71. The molecule has 4 heteroatoms. The van der Waals surface area contributed by atoms with Crippen LogP contribution in [-0.4, -0.2) is 6.21 Å². The number of nitrogens with zero attached hydrogens (tertiary/aromatic N) is 1. The van der Waals surface area contributed by atoms with E-state index < -0.39 is 0 Å². The molecule has 3 aromatic carbocycles. The van der Waals surface area contributed by atoms with E-state index in [1.54, 1.807) is 0 Å². The molecule has 0 spiro atoms. The van der Waals surface area contributed by atoms with E-state index in [1.807, 2.05) is 66.9 Å². The second kappa shape index (κ2) is 8.32. The summed E-state index contributed by atoms with van der Waals surface area (Å²) >= 11 is 9.56. The van der Waals surface area contributed by atoms with Gasteiger partial charge >= 0.3 is 0 Å². The van der Waals surface area contributed by atoms with Crippen LogP contribution in [0.4, 0.5) is 5.69 Å². The van der Waals surface area contributed by atoms with Crippen LogP contribution in [0.2, 0.25) is 5.02 Å². The van der Waals surface area contributed by atoms with Gasteiger partial charge in [0.1, 0.15) is 12.4 Å². The molecular weight excluding hydrogens is 398 g/mol. The van der Waals surface area contributed by atoms with Gasteiger partial charge in [-0.3, -0.25) is 4.99 Å². The van der Waals surface area contributed by atoms with Crippen LogP contribution in [0.15, 0.2) is 76.2 Å². The Hall–Kier alpha value is -2.10. The second-order valence-corrected chi connectivity index (χ2v) is 6.94. The fourth-order valence-corrected chi connectivity index (χ4v) is 3.08. The maximum Gasteiger partial charge on any atom is 0.134 e. The highest BCUT2D eigenvalue weighted by Crippen LogP contribution is 2.27.